The molecule has 8 heteroatoms. The maximum absolute atomic E-state index is 13.5. The highest BCUT2D eigenvalue weighted by molar-refractivity contribution is 9.10. The van der Waals surface area contributed by atoms with Gasteiger partial charge in [0.1, 0.15) is 0 Å². The Morgan fingerprint density at radius 3 is 2.33 bits per heavy atom. The summed E-state index contributed by atoms with van der Waals surface area (Å²) in [6.45, 7) is 3.41. The molecule has 7 nitrogen and oxygen atoms in total. The van der Waals surface area contributed by atoms with Crippen molar-refractivity contribution in [2.24, 2.45) is 23.7 Å². The number of benzene rings is 3. The second-order valence-corrected chi connectivity index (χ2v) is 11.8. The predicted octanol–water partition coefficient (Wildman–Crippen LogP) is 5.79. The first kappa shape index (κ1) is 26.4. The lowest BCUT2D eigenvalue weighted by atomic mass is 9.73. The number of anilines is 2. The third-order valence-corrected chi connectivity index (χ3v) is 9.79. The van der Waals surface area contributed by atoms with E-state index in [4.69, 9.17) is 4.74 Å². The van der Waals surface area contributed by atoms with Gasteiger partial charge >= 0.3 is 5.97 Å². The fraction of sp³-hybridized carbons (Fsp3) is 0.312. The zero-order chi connectivity index (χ0) is 28.1. The highest BCUT2D eigenvalue weighted by Gasteiger charge is 2.64. The number of fused-ring (bicyclic) bond motifs is 5. The van der Waals surface area contributed by atoms with E-state index in [1.165, 1.54) is 22.6 Å². The number of hydrogen-bond donors (Lipinski definition) is 1. The molecule has 2 bridgehead atoms. The van der Waals surface area contributed by atoms with Crippen LogP contribution in [0.4, 0.5) is 11.4 Å². The van der Waals surface area contributed by atoms with E-state index in [0.29, 0.717) is 17.3 Å². The molecule has 1 heterocycles. The van der Waals surface area contributed by atoms with Gasteiger partial charge in [0.05, 0.1) is 23.1 Å². The molecule has 2 aliphatic carbocycles. The number of nitrogens with zero attached hydrogens (tertiary/aromatic N) is 1. The molecular weight excluding hydrogens is 572 g/mol. The first-order chi connectivity index (χ1) is 19.2. The molecule has 0 unspecified atom stereocenters. The quantitative estimate of drug-likeness (QED) is 0.285. The molecule has 5 atom stereocenters. The van der Waals surface area contributed by atoms with Crippen molar-refractivity contribution in [2.75, 3.05) is 16.8 Å². The van der Waals surface area contributed by atoms with Crippen LogP contribution in [-0.4, -0.2) is 30.3 Å². The van der Waals surface area contributed by atoms with Crippen molar-refractivity contribution in [3.63, 3.8) is 0 Å². The molecule has 1 aliphatic heterocycles. The fourth-order valence-corrected chi connectivity index (χ4v) is 7.30. The Hall–Kier alpha value is -3.78. The Balaban J connectivity index is 1.09. The standard InChI is InChI=1S/C32H29BrN2O5/c1-17-18(2)26(13-12-25(17)33)34-27(36)16-40-32(39)20-8-10-22(11-9-20)35-30(37)28-21-14-23(19-6-4-3-5-7-19)24(15-21)29(28)31(35)38/h3-13,21,23-24,28-29H,14-16H2,1-2H3,(H,34,36)/t21-,23+,24+,28+,29-/m0/s1. The third kappa shape index (κ3) is 4.44. The average molecular weight is 601 g/mol. The van der Waals surface area contributed by atoms with Crippen molar-refractivity contribution in [2.45, 2.75) is 32.6 Å². The molecule has 0 radical (unpaired) electrons. The van der Waals surface area contributed by atoms with Crippen LogP contribution in [0, 0.1) is 37.5 Å². The number of halogens is 1. The van der Waals surface area contributed by atoms with E-state index in [1.54, 1.807) is 18.2 Å². The minimum absolute atomic E-state index is 0.139. The van der Waals surface area contributed by atoms with Crippen molar-refractivity contribution in [1.82, 2.24) is 0 Å². The second kappa shape index (κ2) is 10.3. The number of imide groups is 1. The summed E-state index contributed by atoms with van der Waals surface area (Å²) in [5, 5.41) is 2.77. The van der Waals surface area contributed by atoms with E-state index in [1.807, 2.05) is 38.1 Å². The van der Waals surface area contributed by atoms with Crippen LogP contribution in [0.25, 0.3) is 0 Å². The molecule has 3 aliphatic rings. The molecular formula is C32H29BrN2O5. The summed E-state index contributed by atoms with van der Waals surface area (Å²) in [4.78, 5) is 53.2. The van der Waals surface area contributed by atoms with Crippen molar-refractivity contribution in [1.29, 1.82) is 0 Å². The lowest BCUT2D eigenvalue weighted by Gasteiger charge is -2.28. The largest absolute Gasteiger partial charge is 0.452 e. The molecule has 0 aromatic heterocycles. The summed E-state index contributed by atoms with van der Waals surface area (Å²) in [5.41, 5.74) is 4.51. The van der Waals surface area contributed by atoms with Crippen LogP contribution in [0.15, 0.2) is 71.2 Å². The Morgan fingerprint density at radius 1 is 0.900 bits per heavy atom. The number of nitrogens with one attached hydrogen (secondary N) is 1. The molecule has 3 aromatic rings. The van der Waals surface area contributed by atoms with E-state index in [0.717, 1.165) is 28.4 Å². The van der Waals surface area contributed by atoms with E-state index in [-0.39, 0.29) is 41.0 Å². The number of carbonyl (C=O) groups is 4. The molecule has 2 saturated carbocycles. The highest BCUT2D eigenvalue weighted by Crippen LogP contribution is 2.61. The lowest BCUT2D eigenvalue weighted by molar-refractivity contribution is -0.123. The zero-order valence-electron chi connectivity index (χ0n) is 22.2. The molecule has 0 spiro atoms. The van der Waals surface area contributed by atoms with Crippen LogP contribution in [0.3, 0.4) is 0 Å². The number of esters is 1. The van der Waals surface area contributed by atoms with Gasteiger partial charge < -0.3 is 10.1 Å². The van der Waals surface area contributed by atoms with Gasteiger partial charge in [-0.1, -0.05) is 46.3 Å². The maximum Gasteiger partial charge on any atom is 0.338 e. The number of amides is 3. The molecule has 6 rings (SSSR count). The van der Waals surface area contributed by atoms with E-state index < -0.39 is 18.5 Å². The van der Waals surface area contributed by atoms with E-state index in [2.05, 4.69) is 33.4 Å². The normalized spacial score (nSPS) is 24.8. The van der Waals surface area contributed by atoms with Gasteiger partial charge in [-0.3, -0.25) is 19.3 Å². The summed E-state index contributed by atoms with van der Waals surface area (Å²) in [6.07, 6.45) is 1.85. The topological polar surface area (TPSA) is 92.8 Å². The Bertz CT molecular complexity index is 1520. The van der Waals surface area contributed by atoms with Gasteiger partial charge in [0, 0.05) is 10.2 Å². The van der Waals surface area contributed by atoms with Gasteiger partial charge in [0.15, 0.2) is 6.61 Å². The molecule has 3 amide bonds. The first-order valence-electron chi connectivity index (χ1n) is 13.5. The number of rotatable bonds is 6. The monoisotopic (exact) mass is 600 g/mol. The van der Waals surface area contributed by atoms with Crippen LogP contribution in [0.1, 0.15) is 45.8 Å². The minimum Gasteiger partial charge on any atom is -0.452 e. The SMILES string of the molecule is Cc1c(Br)ccc(NC(=O)COC(=O)c2ccc(N3C(=O)[C@@H]4[C@@H]5C[C@@H]([C@@H]4C3=O)[C@@H](c3ccccc3)C5)cc2)c1C. The first-order valence-corrected chi connectivity index (χ1v) is 14.3. The zero-order valence-corrected chi connectivity index (χ0v) is 23.8. The molecule has 3 aromatic carbocycles. The Kier molecular flexibility index (Phi) is 6.82. The predicted molar refractivity (Wildman–Crippen MR) is 154 cm³/mol. The van der Waals surface area contributed by atoms with Crippen LogP contribution >= 0.6 is 15.9 Å². The van der Waals surface area contributed by atoms with Gasteiger partial charge in [-0.15, -0.1) is 0 Å². The summed E-state index contributed by atoms with van der Waals surface area (Å²) in [5.74, 6) is -1.26. The van der Waals surface area contributed by atoms with Crippen LogP contribution in [0.2, 0.25) is 0 Å². The Morgan fingerprint density at radius 2 is 1.60 bits per heavy atom. The molecule has 3 fully saturated rings. The summed E-state index contributed by atoms with van der Waals surface area (Å²) >= 11 is 3.46. The van der Waals surface area contributed by atoms with Crippen molar-refractivity contribution in [3.05, 3.63) is 93.5 Å². The summed E-state index contributed by atoms with van der Waals surface area (Å²) < 4.78 is 6.15. The van der Waals surface area contributed by atoms with Crippen LogP contribution in [-0.2, 0) is 19.1 Å². The van der Waals surface area contributed by atoms with E-state index >= 15 is 0 Å². The highest BCUT2D eigenvalue weighted by atomic mass is 79.9. The average Bonchev–Trinajstić information content (AvgIpc) is 3.64. The molecule has 40 heavy (non-hydrogen) atoms. The Labute approximate surface area is 241 Å². The van der Waals surface area contributed by atoms with Crippen molar-refractivity contribution in [3.8, 4) is 0 Å². The molecule has 1 N–H and O–H groups in total. The summed E-state index contributed by atoms with van der Waals surface area (Å²) in [6, 6.07) is 20.1. The van der Waals surface area contributed by atoms with Gasteiger partial charge in [0.25, 0.3) is 5.91 Å². The number of hydrogen-bond acceptors (Lipinski definition) is 5. The number of ether oxygens (including phenoxy) is 1. The van der Waals surface area contributed by atoms with Gasteiger partial charge in [-0.2, -0.15) is 0 Å². The lowest BCUT2D eigenvalue weighted by Crippen LogP contribution is -2.33. The van der Waals surface area contributed by atoms with Gasteiger partial charge in [0.2, 0.25) is 11.8 Å². The van der Waals surface area contributed by atoms with E-state index in [9.17, 15) is 19.2 Å². The van der Waals surface area contributed by atoms with Crippen molar-refractivity contribution < 1.29 is 23.9 Å². The number of carbonyl (C=O) groups excluding carboxylic acids is 4. The second-order valence-electron chi connectivity index (χ2n) is 11.0. The summed E-state index contributed by atoms with van der Waals surface area (Å²) in [7, 11) is 0. The van der Waals surface area contributed by atoms with Crippen LogP contribution < -0.4 is 10.2 Å². The van der Waals surface area contributed by atoms with Crippen LogP contribution in [0.5, 0.6) is 0 Å². The smallest absolute Gasteiger partial charge is 0.338 e. The maximum atomic E-state index is 13.5. The van der Waals surface area contributed by atoms with Gasteiger partial charge in [-0.25, -0.2) is 4.79 Å². The van der Waals surface area contributed by atoms with Gasteiger partial charge in [-0.05, 0) is 97.5 Å². The minimum atomic E-state index is -0.662. The van der Waals surface area contributed by atoms with Crippen molar-refractivity contribution >= 4 is 51.0 Å². The molecule has 1 saturated heterocycles. The third-order valence-electron chi connectivity index (χ3n) is 8.93. The molecule has 204 valence electrons. The fourth-order valence-electron chi connectivity index (χ4n) is 6.87.